The Balaban J connectivity index is 2.33. The van der Waals surface area contributed by atoms with Gasteiger partial charge in [-0.2, -0.15) is 0 Å². The van der Waals surface area contributed by atoms with Gasteiger partial charge in [0.2, 0.25) is 10.0 Å². The van der Waals surface area contributed by atoms with E-state index in [9.17, 15) is 13.2 Å². The molecule has 1 aliphatic rings. The number of primary sulfonamides is 1. The molecule has 18 heavy (non-hydrogen) atoms. The zero-order valence-corrected chi connectivity index (χ0v) is 11.1. The second kappa shape index (κ2) is 4.40. The van der Waals surface area contributed by atoms with Gasteiger partial charge in [0.25, 0.3) is 5.91 Å². The number of hydrogen-bond acceptors (Lipinski definition) is 4. The number of aryl methyl sites for hydroxylation is 2. The minimum atomic E-state index is -3.97. The lowest BCUT2D eigenvalue weighted by atomic mass is 10.2. The molecule has 1 heterocycles. The van der Waals surface area contributed by atoms with Crippen LogP contribution in [0.1, 0.15) is 34.7 Å². The topological polar surface area (TPSA) is 102 Å². The average Bonchev–Trinajstić information content (AvgIpc) is 2.98. The second-order valence-electron chi connectivity index (χ2n) is 4.62. The van der Waals surface area contributed by atoms with Gasteiger partial charge in [0.05, 0.1) is 0 Å². The van der Waals surface area contributed by atoms with Gasteiger partial charge >= 0.3 is 0 Å². The van der Waals surface area contributed by atoms with Crippen molar-refractivity contribution in [1.29, 1.82) is 0 Å². The number of rotatable bonds is 4. The number of carbonyl (C=O) groups is 1. The first-order valence-corrected chi connectivity index (χ1v) is 7.26. The maximum Gasteiger partial charge on any atom is 0.256 e. The van der Waals surface area contributed by atoms with Gasteiger partial charge in [0, 0.05) is 6.54 Å². The predicted octanol–water partition coefficient (Wildman–Crippen LogP) is 0.684. The van der Waals surface area contributed by atoms with E-state index in [1.165, 1.54) is 6.92 Å². The van der Waals surface area contributed by atoms with Crippen molar-refractivity contribution in [2.75, 3.05) is 6.54 Å². The number of carbonyl (C=O) groups excluding carboxylic acids is 1. The van der Waals surface area contributed by atoms with Gasteiger partial charge in [-0.15, -0.1) is 0 Å². The van der Waals surface area contributed by atoms with Crippen molar-refractivity contribution in [3.05, 3.63) is 17.1 Å². The van der Waals surface area contributed by atoms with Crippen LogP contribution >= 0.6 is 0 Å². The summed E-state index contributed by atoms with van der Waals surface area (Å²) >= 11 is 0. The van der Waals surface area contributed by atoms with Crippen molar-refractivity contribution in [1.82, 2.24) is 5.32 Å². The lowest BCUT2D eigenvalue weighted by Gasteiger charge is -2.05. The average molecular weight is 272 g/mol. The largest absolute Gasteiger partial charge is 0.464 e. The molecule has 0 aromatic carbocycles. The lowest BCUT2D eigenvalue weighted by molar-refractivity contribution is 0.0947. The fourth-order valence-electron chi connectivity index (χ4n) is 1.92. The Morgan fingerprint density at radius 2 is 2.00 bits per heavy atom. The Hall–Kier alpha value is -1.34. The molecule has 1 aromatic rings. The molecule has 0 atom stereocenters. The van der Waals surface area contributed by atoms with Crippen LogP contribution in [0.2, 0.25) is 0 Å². The SMILES string of the molecule is Cc1oc(C)c(S(N)(=O)=O)c1C(=O)NCC1CC1. The summed E-state index contributed by atoms with van der Waals surface area (Å²) in [5, 5.41) is 7.82. The van der Waals surface area contributed by atoms with Crippen LogP contribution in [0.4, 0.5) is 0 Å². The summed E-state index contributed by atoms with van der Waals surface area (Å²) < 4.78 is 28.2. The molecule has 100 valence electrons. The lowest BCUT2D eigenvalue weighted by Crippen LogP contribution is -2.28. The third-order valence-electron chi connectivity index (χ3n) is 2.96. The highest BCUT2D eigenvalue weighted by Crippen LogP contribution is 2.29. The summed E-state index contributed by atoms with van der Waals surface area (Å²) in [4.78, 5) is 11.8. The first-order valence-electron chi connectivity index (χ1n) is 5.71. The molecule has 2 rings (SSSR count). The van der Waals surface area contributed by atoms with Crippen molar-refractivity contribution in [3.63, 3.8) is 0 Å². The molecule has 7 heteroatoms. The van der Waals surface area contributed by atoms with E-state index in [0.29, 0.717) is 12.5 Å². The van der Waals surface area contributed by atoms with Crippen LogP contribution in [0.5, 0.6) is 0 Å². The van der Waals surface area contributed by atoms with Crippen molar-refractivity contribution >= 4 is 15.9 Å². The fraction of sp³-hybridized carbons (Fsp3) is 0.545. The molecule has 0 saturated heterocycles. The molecule has 1 fully saturated rings. The first-order chi connectivity index (χ1) is 8.30. The van der Waals surface area contributed by atoms with Gasteiger partial charge < -0.3 is 9.73 Å². The van der Waals surface area contributed by atoms with E-state index in [1.807, 2.05) is 0 Å². The zero-order chi connectivity index (χ0) is 13.5. The van der Waals surface area contributed by atoms with Crippen LogP contribution in [-0.2, 0) is 10.0 Å². The van der Waals surface area contributed by atoms with Gasteiger partial charge in [-0.05, 0) is 32.6 Å². The standard InChI is InChI=1S/C11H16N2O4S/c1-6-9(11(14)13-5-8-3-4-8)10(7(2)17-6)18(12,15)16/h8H,3-5H2,1-2H3,(H,13,14)(H2,12,15,16). The number of nitrogens with one attached hydrogen (secondary N) is 1. The van der Waals surface area contributed by atoms with E-state index in [-0.39, 0.29) is 22.0 Å². The summed E-state index contributed by atoms with van der Waals surface area (Å²) in [6.45, 7) is 3.59. The van der Waals surface area contributed by atoms with E-state index in [2.05, 4.69) is 5.32 Å². The normalized spacial score (nSPS) is 15.7. The second-order valence-corrected chi connectivity index (χ2v) is 6.12. The van der Waals surface area contributed by atoms with Crippen LogP contribution in [0, 0.1) is 19.8 Å². The number of sulfonamides is 1. The molecule has 0 aliphatic heterocycles. The highest BCUT2D eigenvalue weighted by molar-refractivity contribution is 7.89. The van der Waals surface area contributed by atoms with Crippen LogP contribution < -0.4 is 10.5 Å². The van der Waals surface area contributed by atoms with Crippen LogP contribution in [0.25, 0.3) is 0 Å². The zero-order valence-electron chi connectivity index (χ0n) is 10.3. The minimum Gasteiger partial charge on any atom is -0.464 e. The van der Waals surface area contributed by atoms with Gasteiger partial charge in [0.15, 0.2) is 0 Å². The van der Waals surface area contributed by atoms with Crippen molar-refractivity contribution in [2.45, 2.75) is 31.6 Å². The summed E-state index contributed by atoms with van der Waals surface area (Å²) in [6, 6.07) is 0. The Morgan fingerprint density at radius 1 is 1.39 bits per heavy atom. The molecule has 0 spiro atoms. The van der Waals surface area contributed by atoms with Gasteiger partial charge in [-0.3, -0.25) is 4.79 Å². The summed E-state index contributed by atoms with van der Waals surface area (Å²) in [5.74, 6) is 0.483. The van der Waals surface area contributed by atoms with Crippen molar-refractivity contribution in [3.8, 4) is 0 Å². The molecular weight excluding hydrogens is 256 g/mol. The molecule has 0 radical (unpaired) electrons. The molecule has 0 unspecified atom stereocenters. The summed E-state index contributed by atoms with van der Waals surface area (Å²) in [7, 11) is -3.97. The molecule has 6 nitrogen and oxygen atoms in total. The monoisotopic (exact) mass is 272 g/mol. The van der Waals surface area contributed by atoms with Crippen LogP contribution in [0.15, 0.2) is 9.31 Å². The molecule has 1 aliphatic carbocycles. The van der Waals surface area contributed by atoms with Crippen LogP contribution in [0.3, 0.4) is 0 Å². The number of hydrogen-bond donors (Lipinski definition) is 2. The van der Waals surface area contributed by atoms with E-state index in [4.69, 9.17) is 9.56 Å². The summed E-state index contributed by atoms with van der Waals surface area (Å²) in [6.07, 6.45) is 2.21. The predicted molar refractivity (Wildman–Crippen MR) is 64.6 cm³/mol. The van der Waals surface area contributed by atoms with E-state index in [1.54, 1.807) is 6.92 Å². The summed E-state index contributed by atoms with van der Waals surface area (Å²) in [5.41, 5.74) is 0.0238. The Bertz CT molecular complexity index is 584. The molecule has 1 aromatic heterocycles. The molecule has 1 saturated carbocycles. The van der Waals surface area contributed by atoms with Gasteiger partial charge in [0.1, 0.15) is 22.0 Å². The van der Waals surface area contributed by atoms with Gasteiger partial charge in [-0.25, -0.2) is 13.6 Å². The Morgan fingerprint density at radius 3 is 2.50 bits per heavy atom. The smallest absolute Gasteiger partial charge is 0.256 e. The minimum absolute atomic E-state index is 0.0238. The Kier molecular flexibility index (Phi) is 3.20. The third-order valence-corrected chi connectivity index (χ3v) is 4.03. The van der Waals surface area contributed by atoms with Crippen molar-refractivity contribution in [2.24, 2.45) is 11.1 Å². The highest BCUT2D eigenvalue weighted by Gasteiger charge is 2.29. The van der Waals surface area contributed by atoms with E-state index < -0.39 is 15.9 Å². The quantitative estimate of drug-likeness (QED) is 0.841. The molecular formula is C11H16N2O4S. The first kappa shape index (κ1) is 13.1. The molecule has 0 bridgehead atoms. The maximum absolute atomic E-state index is 12.0. The van der Waals surface area contributed by atoms with Gasteiger partial charge in [-0.1, -0.05) is 0 Å². The Labute approximate surface area is 106 Å². The maximum atomic E-state index is 12.0. The highest BCUT2D eigenvalue weighted by atomic mass is 32.2. The number of furan rings is 1. The molecule has 3 N–H and O–H groups in total. The molecule has 1 amide bonds. The van der Waals surface area contributed by atoms with Crippen molar-refractivity contribution < 1.29 is 17.6 Å². The third kappa shape index (κ3) is 2.56. The van der Waals surface area contributed by atoms with E-state index >= 15 is 0 Å². The fourth-order valence-corrected chi connectivity index (χ4v) is 2.88. The number of amides is 1. The number of nitrogens with two attached hydrogens (primary N) is 1. The van der Waals surface area contributed by atoms with E-state index in [0.717, 1.165) is 12.8 Å². The van der Waals surface area contributed by atoms with Crippen LogP contribution in [-0.4, -0.2) is 20.9 Å².